The number of hydrogen-bond donors (Lipinski definition) is 5. The molecule has 1 amide bonds. The summed E-state index contributed by atoms with van der Waals surface area (Å²) in [5.74, 6) is -2.06. The number of rotatable bonds is 7. The molecule has 2 aromatic carbocycles. The number of nitrogens with two attached hydrogens (primary N) is 1. The van der Waals surface area contributed by atoms with Crippen LogP contribution in [0.5, 0.6) is 5.75 Å². The second-order valence-electron chi connectivity index (χ2n) is 7.61. The van der Waals surface area contributed by atoms with Crippen LogP contribution in [0, 0.1) is 0 Å². The number of benzene rings is 2. The predicted octanol–water partition coefficient (Wildman–Crippen LogP) is 1.09. The van der Waals surface area contributed by atoms with Gasteiger partial charge in [-0.05, 0) is 41.3 Å². The van der Waals surface area contributed by atoms with Gasteiger partial charge in [0.1, 0.15) is 5.75 Å². The standard InChI is InChI=1S/C21H26BN3O5/c1-12(2)24-11-16-8-14(6-7-15(16)10-23)20(26)25-18-9-13-4-3-5-17(21(27)28)19(13)30-22(18)29/h3-8,12,18,24,29H,9-11,23H2,1-2H3,(H,25,26)(H,27,28)/t18-/m0/s1. The molecule has 0 fully saturated rings. The molecule has 0 unspecified atom stereocenters. The molecular formula is C21H26BN3O5. The quantitative estimate of drug-likeness (QED) is 0.431. The Morgan fingerprint density at radius 3 is 2.70 bits per heavy atom. The van der Waals surface area contributed by atoms with Crippen LogP contribution in [0.2, 0.25) is 0 Å². The summed E-state index contributed by atoms with van der Waals surface area (Å²) in [6, 6.07) is 10.4. The van der Waals surface area contributed by atoms with Crippen LogP contribution in [-0.2, 0) is 19.5 Å². The molecule has 1 aliphatic heterocycles. The fourth-order valence-electron chi connectivity index (χ4n) is 3.41. The summed E-state index contributed by atoms with van der Waals surface area (Å²) < 4.78 is 5.43. The van der Waals surface area contributed by atoms with Crippen LogP contribution < -0.4 is 21.0 Å². The Kier molecular flexibility index (Phi) is 6.76. The van der Waals surface area contributed by atoms with Gasteiger partial charge in [0.2, 0.25) is 0 Å². The molecule has 0 saturated heterocycles. The Morgan fingerprint density at radius 2 is 2.03 bits per heavy atom. The van der Waals surface area contributed by atoms with Crippen LogP contribution in [-0.4, -0.2) is 41.1 Å². The third kappa shape index (κ3) is 4.81. The lowest BCUT2D eigenvalue weighted by molar-refractivity contribution is 0.0693. The Morgan fingerprint density at radius 1 is 1.27 bits per heavy atom. The lowest BCUT2D eigenvalue weighted by Gasteiger charge is -2.29. The van der Waals surface area contributed by atoms with Crippen molar-refractivity contribution in [3.05, 3.63) is 64.2 Å². The Hall–Kier alpha value is -2.88. The van der Waals surface area contributed by atoms with Gasteiger partial charge >= 0.3 is 13.1 Å². The first-order chi connectivity index (χ1) is 14.3. The maximum Gasteiger partial charge on any atom is 0.547 e. The number of amides is 1. The first-order valence-corrected chi connectivity index (χ1v) is 9.86. The predicted molar refractivity (Wildman–Crippen MR) is 113 cm³/mol. The molecule has 0 spiro atoms. The number of aromatic carboxylic acids is 1. The van der Waals surface area contributed by atoms with Crippen LogP contribution in [0.3, 0.4) is 0 Å². The van der Waals surface area contributed by atoms with Gasteiger partial charge in [-0.15, -0.1) is 0 Å². The van der Waals surface area contributed by atoms with Crippen molar-refractivity contribution in [2.75, 3.05) is 0 Å². The molecule has 0 aromatic heterocycles. The second-order valence-corrected chi connectivity index (χ2v) is 7.61. The molecule has 30 heavy (non-hydrogen) atoms. The topological polar surface area (TPSA) is 134 Å². The summed E-state index contributed by atoms with van der Waals surface area (Å²) in [7, 11) is -1.35. The number of fused-ring (bicyclic) bond motifs is 1. The number of carbonyl (C=O) groups is 2. The normalized spacial score (nSPS) is 15.5. The monoisotopic (exact) mass is 411 g/mol. The summed E-state index contributed by atoms with van der Waals surface area (Å²) >= 11 is 0. The summed E-state index contributed by atoms with van der Waals surface area (Å²) in [5, 5.41) is 25.7. The maximum atomic E-state index is 12.8. The highest BCUT2D eigenvalue weighted by atomic mass is 16.5. The van der Waals surface area contributed by atoms with Gasteiger partial charge in [-0.3, -0.25) is 4.79 Å². The molecule has 0 saturated carbocycles. The number of carbonyl (C=O) groups excluding carboxylic acids is 1. The van der Waals surface area contributed by atoms with Crippen LogP contribution in [0.25, 0.3) is 0 Å². The number of carboxylic acids is 1. The van der Waals surface area contributed by atoms with E-state index in [0.717, 1.165) is 11.1 Å². The molecule has 0 aliphatic carbocycles. The van der Waals surface area contributed by atoms with Crippen molar-refractivity contribution in [2.45, 2.75) is 45.3 Å². The van der Waals surface area contributed by atoms with E-state index >= 15 is 0 Å². The fourth-order valence-corrected chi connectivity index (χ4v) is 3.41. The van der Waals surface area contributed by atoms with E-state index in [2.05, 4.69) is 10.6 Å². The van der Waals surface area contributed by atoms with E-state index in [1.54, 1.807) is 24.3 Å². The van der Waals surface area contributed by atoms with Gasteiger partial charge in [-0.2, -0.15) is 0 Å². The molecule has 0 radical (unpaired) electrons. The highest BCUT2D eigenvalue weighted by Gasteiger charge is 2.37. The molecule has 6 N–H and O–H groups in total. The third-order valence-corrected chi connectivity index (χ3v) is 5.06. The van der Waals surface area contributed by atoms with Gasteiger partial charge in [0, 0.05) is 24.7 Å². The van der Waals surface area contributed by atoms with Crippen molar-refractivity contribution in [1.29, 1.82) is 0 Å². The van der Waals surface area contributed by atoms with Gasteiger partial charge in [-0.1, -0.05) is 32.0 Å². The van der Waals surface area contributed by atoms with Crippen molar-refractivity contribution in [3.8, 4) is 5.75 Å². The lowest BCUT2D eigenvalue weighted by Crippen LogP contribution is -2.53. The van der Waals surface area contributed by atoms with E-state index in [0.29, 0.717) is 30.3 Å². The highest BCUT2D eigenvalue weighted by Crippen LogP contribution is 2.30. The second kappa shape index (κ2) is 9.29. The van der Waals surface area contributed by atoms with Crippen LogP contribution >= 0.6 is 0 Å². The van der Waals surface area contributed by atoms with E-state index in [1.807, 2.05) is 19.9 Å². The number of nitrogens with one attached hydrogen (secondary N) is 2. The third-order valence-electron chi connectivity index (χ3n) is 5.06. The number of carboxylic acid groups (broad SMARTS) is 1. The minimum Gasteiger partial charge on any atom is -0.534 e. The molecule has 158 valence electrons. The van der Waals surface area contributed by atoms with Crippen LogP contribution in [0.4, 0.5) is 0 Å². The van der Waals surface area contributed by atoms with Crippen molar-refractivity contribution in [2.24, 2.45) is 5.73 Å². The van der Waals surface area contributed by atoms with Gasteiger partial charge in [0.25, 0.3) is 5.91 Å². The molecule has 0 bridgehead atoms. The van der Waals surface area contributed by atoms with Crippen molar-refractivity contribution in [3.63, 3.8) is 0 Å². The molecule has 9 heteroatoms. The van der Waals surface area contributed by atoms with Gasteiger partial charge in [0.15, 0.2) is 0 Å². The first kappa shape index (κ1) is 21.8. The zero-order valence-electron chi connectivity index (χ0n) is 17.0. The minimum atomic E-state index is -1.35. The van der Waals surface area contributed by atoms with E-state index in [-0.39, 0.29) is 23.6 Å². The lowest BCUT2D eigenvalue weighted by atomic mass is 9.72. The van der Waals surface area contributed by atoms with Crippen molar-refractivity contribution in [1.82, 2.24) is 10.6 Å². The molecule has 1 heterocycles. The van der Waals surface area contributed by atoms with Gasteiger partial charge in [0.05, 0.1) is 11.5 Å². The smallest absolute Gasteiger partial charge is 0.534 e. The zero-order chi connectivity index (χ0) is 21.8. The molecule has 8 nitrogen and oxygen atoms in total. The molecule has 3 rings (SSSR count). The maximum absolute atomic E-state index is 12.8. The van der Waals surface area contributed by atoms with E-state index < -0.39 is 19.0 Å². The van der Waals surface area contributed by atoms with Crippen LogP contribution in [0.1, 0.15) is 51.3 Å². The average Bonchev–Trinajstić information content (AvgIpc) is 2.71. The summed E-state index contributed by atoms with van der Waals surface area (Å²) in [4.78, 5) is 24.2. The number of hydrogen-bond acceptors (Lipinski definition) is 6. The Bertz CT molecular complexity index is 950. The van der Waals surface area contributed by atoms with Crippen LogP contribution in [0.15, 0.2) is 36.4 Å². The summed E-state index contributed by atoms with van der Waals surface area (Å²) in [6.07, 6.45) is 0.256. The van der Waals surface area contributed by atoms with Gasteiger partial charge < -0.3 is 31.2 Å². The Labute approximate surface area is 175 Å². The van der Waals surface area contributed by atoms with Crippen molar-refractivity contribution < 1.29 is 24.4 Å². The number of para-hydroxylation sites is 1. The largest absolute Gasteiger partial charge is 0.547 e. The SMILES string of the molecule is CC(C)NCc1cc(C(=O)N[C@H]2Cc3cccc(C(=O)O)c3OB2O)ccc1CN. The van der Waals surface area contributed by atoms with Crippen molar-refractivity contribution >= 4 is 19.0 Å². The van der Waals surface area contributed by atoms with E-state index in [4.69, 9.17) is 10.4 Å². The Balaban J connectivity index is 1.77. The molecule has 2 aromatic rings. The zero-order valence-corrected chi connectivity index (χ0v) is 17.0. The van der Waals surface area contributed by atoms with E-state index in [9.17, 15) is 19.7 Å². The summed E-state index contributed by atoms with van der Waals surface area (Å²) in [6.45, 7) is 5.04. The fraction of sp³-hybridized carbons (Fsp3) is 0.333. The molecule has 1 atom stereocenters. The minimum absolute atomic E-state index is 0.0176. The average molecular weight is 411 g/mol. The molecule has 1 aliphatic rings. The molecular weight excluding hydrogens is 385 g/mol. The highest BCUT2D eigenvalue weighted by molar-refractivity contribution is 6.47. The van der Waals surface area contributed by atoms with E-state index in [1.165, 1.54) is 6.07 Å². The first-order valence-electron chi connectivity index (χ1n) is 9.86. The summed E-state index contributed by atoms with van der Waals surface area (Å²) in [5.41, 5.74) is 8.75. The van der Waals surface area contributed by atoms with Gasteiger partial charge in [-0.25, -0.2) is 4.79 Å².